The number of fused-ring (bicyclic) bond motifs is 1. The minimum Gasteiger partial charge on any atom is -0.272 e. The summed E-state index contributed by atoms with van der Waals surface area (Å²) >= 11 is 2.77. The lowest BCUT2D eigenvalue weighted by atomic mass is 10.1. The molecule has 134 valence electrons. The first-order valence-electron chi connectivity index (χ1n) is 7.39. The average Bonchev–Trinajstić information content (AvgIpc) is 3.02. The van der Waals surface area contributed by atoms with Gasteiger partial charge in [0.1, 0.15) is 0 Å². The summed E-state index contributed by atoms with van der Waals surface area (Å²) in [5, 5.41) is 3.70. The summed E-state index contributed by atoms with van der Waals surface area (Å²) in [6.07, 6.45) is -3.24. The Morgan fingerprint density at radius 2 is 2.04 bits per heavy atom. The Labute approximate surface area is 155 Å². The Hall–Kier alpha value is -2.39. The van der Waals surface area contributed by atoms with Crippen molar-refractivity contribution in [3.05, 3.63) is 59.7 Å². The van der Waals surface area contributed by atoms with Crippen LogP contribution in [-0.2, 0) is 11.0 Å². The van der Waals surface area contributed by atoms with Crippen molar-refractivity contribution in [2.45, 2.75) is 10.5 Å². The van der Waals surface area contributed by atoms with Gasteiger partial charge < -0.3 is 0 Å². The molecule has 3 aromatic rings. The Bertz CT molecular complexity index is 921. The number of aromatic nitrogens is 1. The predicted molar refractivity (Wildman–Crippen MR) is 97.5 cm³/mol. The van der Waals surface area contributed by atoms with Crippen LogP contribution in [0.4, 0.5) is 13.2 Å². The molecule has 0 fully saturated rings. The lowest BCUT2D eigenvalue weighted by molar-refractivity contribution is -0.137. The van der Waals surface area contributed by atoms with Gasteiger partial charge in [-0.3, -0.25) is 4.79 Å². The van der Waals surface area contributed by atoms with Gasteiger partial charge in [0.2, 0.25) is 0 Å². The zero-order valence-electron chi connectivity index (χ0n) is 13.2. The number of carbonyl (C=O) groups is 1. The number of benzene rings is 2. The van der Waals surface area contributed by atoms with Crippen LogP contribution in [0.1, 0.15) is 11.1 Å². The number of amides is 1. The topological polar surface area (TPSA) is 54.4 Å². The van der Waals surface area contributed by atoms with E-state index in [9.17, 15) is 18.0 Å². The molecule has 0 unspecified atom stereocenters. The minimum atomic E-state index is -4.42. The van der Waals surface area contributed by atoms with Crippen molar-refractivity contribution >= 4 is 45.4 Å². The minimum absolute atomic E-state index is 0.111. The summed E-state index contributed by atoms with van der Waals surface area (Å²) in [4.78, 5) is 16.2. The molecule has 0 saturated heterocycles. The molecule has 0 aliphatic rings. The smallest absolute Gasteiger partial charge is 0.272 e. The molecule has 0 saturated carbocycles. The number of para-hydroxylation sites is 1. The monoisotopic (exact) mass is 395 g/mol. The second-order valence-electron chi connectivity index (χ2n) is 5.15. The van der Waals surface area contributed by atoms with Gasteiger partial charge in [0, 0.05) is 0 Å². The molecule has 0 atom stereocenters. The van der Waals surface area contributed by atoms with Crippen LogP contribution in [0, 0.1) is 0 Å². The van der Waals surface area contributed by atoms with Crippen LogP contribution in [0.3, 0.4) is 0 Å². The Morgan fingerprint density at radius 3 is 2.81 bits per heavy atom. The Balaban J connectivity index is 1.53. The maximum Gasteiger partial charge on any atom is 0.416 e. The van der Waals surface area contributed by atoms with Crippen LogP contribution in [0.25, 0.3) is 10.2 Å². The molecule has 1 aromatic heterocycles. The number of rotatable bonds is 5. The first-order chi connectivity index (χ1) is 12.4. The molecule has 0 radical (unpaired) electrons. The third-order valence-electron chi connectivity index (χ3n) is 3.22. The van der Waals surface area contributed by atoms with Gasteiger partial charge in [-0.15, -0.1) is 11.3 Å². The molecule has 3 rings (SSSR count). The molecular weight excluding hydrogens is 383 g/mol. The van der Waals surface area contributed by atoms with Crippen molar-refractivity contribution in [2.75, 3.05) is 5.75 Å². The average molecular weight is 395 g/mol. The third-order valence-corrected chi connectivity index (χ3v) is 5.40. The Morgan fingerprint density at radius 1 is 1.23 bits per heavy atom. The predicted octanol–water partition coefficient (Wildman–Crippen LogP) is 4.56. The quantitative estimate of drug-likeness (QED) is 0.392. The van der Waals surface area contributed by atoms with Crippen LogP contribution in [0.2, 0.25) is 0 Å². The number of nitrogens with one attached hydrogen (secondary N) is 1. The zero-order valence-corrected chi connectivity index (χ0v) is 14.8. The first-order valence-corrected chi connectivity index (χ1v) is 9.19. The van der Waals surface area contributed by atoms with E-state index >= 15 is 0 Å². The van der Waals surface area contributed by atoms with Gasteiger partial charge in [0.15, 0.2) is 4.34 Å². The number of alkyl halides is 3. The van der Waals surface area contributed by atoms with Crippen LogP contribution < -0.4 is 5.43 Å². The largest absolute Gasteiger partial charge is 0.416 e. The van der Waals surface area contributed by atoms with Crippen molar-refractivity contribution in [1.82, 2.24) is 10.4 Å². The van der Waals surface area contributed by atoms with E-state index in [2.05, 4.69) is 15.5 Å². The molecule has 9 heteroatoms. The molecule has 1 N–H and O–H groups in total. The normalized spacial score (nSPS) is 12.0. The molecule has 2 aromatic carbocycles. The molecule has 26 heavy (non-hydrogen) atoms. The number of thioether (sulfide) groups is 1. The van der Waals surface area contributed by atoms with Crippen molar-refractivity contribution in [2.24, 2.45) is 5.10 Å². The molecule has 1 amide bonds. The summed E-state index contributed by atoms with van der Waals surface area (Å²) in [5.74, 6) is -0.253. The van der Waals surface area contributed by atoms with Gasteiger partial charge in [-0.25, -0.2) is 10.4 Å². The van der Waals surface area contributed by atoms with Crippen LogP contribution >= 0.6 is 23.1 Å². The highest BCUT2D eigenvalue weighted by atomic mass is 32.2. The molecular formula is C17H12F3N3OS2. The van der Waals surface area contributed by atoms with E-state index in [4.69, 9.17) is 0 Å². The SMILES string of the molecule is O=C(CSc1nc2ccccc2s1)N/N=C\c1cccc(C(F)(F)F)c1. The lowest BCUT2D eigenvalue weighted by Gasteiger charge is -2.06. The van der Waals surface area contributed by atoms with Gasteiger partial charge in [-0.2, -0.15) is 18.3 Å². The third kappa shape index (κ3) is 4.83. The van der Waals surface area contributed by atoms with Gasteiger partial charge >= 0.3 is 6.18 Å². The fraction of sp³-hybridized carbons (Fsp3) is 0.118. The highest BCUT2D eigenvalue weighted by Gasteiger charge is 2.30. The number of hydrogen-bond donors (Lipinski definition) is 1. The van der Waals surface area contributed by atoms with Gasteiger partial charge in [0.05, 0.1) is 27.7 Å². The highest BCUT2D eigenvalue weighted by Crippen LogP contribution is 2.30. The van der Waals surface area contributed by atoms with Crippen LogP contribution in [0.15, 0.2) is 58.0 Å². The van der Waals surface area contributed by atoms with Gasteiger partial charge in [0.25, 0.3) is 5.91 Å². The summed E-state index contributed by atoms with van der Waals surface area (Å²) in [6, 6.07) is 12.4. The van der Waals surface area contributed by atoms with E-state index in [1.807, 2.05) is 24.3 Å². The van der Waals surface area contributed by atoms with Crippen LogP contribution in [0.5, 0.6) is 0 Å². The second kappa shape index (κ2) is 7.88. The highest BCUT2D eigenvalue weighted by molar-refractivity contribution is 8.01. The summed E-state index contributed by atoms with van der Waals surface area (Å²) < 4.78 is 39.7. The number of carbonyl (C=O) groups excluding carboxylic acids is 1. The van der Waals surface area contributed by atoms with E-state index in [0.717, 1.165) is 26.7 Å². The molecule has 0 aliphatic heterocycles. The fourth-order valence-electron chi connectivity index (χ4n) is 2.05. The maximum absolute atomic E-state index is 12.6. The molecule has 4 nitrogen and oxygen atoms in total. The van der Waals surface area contributed by atoms with E-state index < -0.39 is 11.7 Å². The molecule has 0 aliphatic carbocycles. The number of hydrogen-bond acceptors (Lipinski definition) is 5. The number of halogens is 3. The standard InChI is InChI=1S/C17H12F3N3OS2/c18-17(19,20)12-5-3-4-11(8-12)9-21-23-15(24)10-25-16-22-13-6-1-2-7-14(13)26-16/h1-9H,10H2,(H,23,24)/b21-9-. The van der Waals surface area contributed by atoms with E-state index in [0.29, 0.717) is 0 Å². The number of hydrazone groups is 1. The summed E-state index contributed by atoms with van der Waals surface area (Å²) in [7, 11) is 0. The Kier molecular flexibility index (Phi) is 5.58. The zero-order chi connectivity index (χ0) is 18.6. The first kappa shape index (κ1) is 18.4. The number of thiazole rings is 1. The molecule has 1 heterocycles. The summed E-state index contributed by atoms with van der Waals surface area (Å²) in [6.45, 7) is 0. The van der Waals surface area contributed by atoms with E-state index in [-0.39, 0.29) is 17.2 Å². The van der Waals surface area contributed by atoms with Gasteiger partial charge in [-0.1, -0.05) is 36.0 Å². The summed E-state index contributed by atoms with van der Waals surface area (Å²) in [5.41, 5.74) is 2.66. The number of nitrogens with zero attached hydrogens (tertiary/aromatic N) is 2. The lowest BCUT2D eigenvalue weighted by Crippen LogP contribution is -2.19. The maximum atomic E-state index is 12.6. The van der Waals surface area contributed by atoms with Crippen LogP contribution in [-0.4, -0.2) is 22.9 Å². The van der Waals surface area contributed by atoms with Gasteiger partial charge in [-0.05, 0) is 29.8 Å². The van der Waals surface area contributed by atoms with E-state index in [1.54, 1.807) is 0 Å². The van der Waals surface area contributed by atoms with Crippen molar-refractivity contribution in [3.8, 4) is 0 Å². The fourth-order valence-corrected chi connectivity index (χ4v) is 3.91. The second-order valence-corrected chi connectivity index (χ2v) is 7.41. The van der Waals surface area contributed by atoms with Crippen molar-refractivity contribution in [3.63, 3.8) is 0 Å². The van der Waals surface area contributed by atoms with E-state index in [1.165, 1.54) is 41.4 Å². The molecule has 0 spiro atoms. The van der Waals surface area contributed by atoms with Crippen molar-refractivity contribution < 1.29 is 18.0 Å². The molecule has 0 bridgehead atoms. The van der Waals surface area contributed by atoms with Crippen molar-refractivity contribution in [1.29, 1.82) is 0 Å².